The largest absolute Gasteiger partial charge is 0.353 e. The van der Waals surface area contributed by atoms with Gasteiger partial charge < -0.3 is 10.2 Å². The van der Waals surface area contributed by atoms with Crippen LogP contribution in [0.3, 0.4) is 0 Å². The van der Waals surface area contributed by atoms with Crippen LogP contribution in [0.5, 0.6) is 0 Å². The van der Waals surface area contributed by atoms with Crippen molar-refractivity contribution in [3.05, 3.63) is 39.9 Å². The molecule has 0 aromatic heterocycles. The maximum Gasteiger partial charge on any atom is 0.244 e. The number of hydrogen-bond donors (Lipinski definition) is 1. The number of amides is 1. The van der Waals surface area contributed by atoms with E-state index >= 15 is 0 Å². The van der Waals surface area contributed by atoms with E-state index in [0.717, 1.165) is 18.5 Å². The fourth-order valence-corrected chi connectivity index (χ4v) is 2.94. The van der Waals surface area contributed by atoms with Crippen LogP contribution < -0.4 is 5.32 Å². The highest BCUT2D eigenvalue weighted by Crippen LogP contribution is 2.26. The lowest BCUT2D eigenvalue weighted by Crippen LogP contribution is -2.33. The number of benzene rings is 1. The topological polar surface area (TPSA) is 32.3 Å². The third-order valence-electron chi connectivity index (χ3n) is 3.79. The average molecular weight is 341 g/mol. The molecular weight excluding hydrogens is 319 g/mol. The first kappa shape index (κ1) is 17.3. The molecule has 1 aliphatic heterocycles. The summed E-state index contributed by atoms with van der Waals surface area (Å²) in [6.07, 6.45) is 8.12. The van der Waals surface area contributed by atoms with E-state index in [1.165, 1.54) is 38.4 Å². The lowest BCUT2D eigenvalue weighted by Gasteiger charge is -2.26. The normalized spacial score (nSPS) is 16.1. The van der Waals surface area contributed by atoms with Crippen LogP contribution in [0.15, 0.2) is 24.3 Å². The van der Waals surface area contributed by atoms with Crippen molar-refractivity contribution in [3.8, 4) is 0 Å². The summed E-state index contributed by atoms with van der Waals surface area (Å²) in [6, 6.07) is 5.36. The zero-order valence-electron chi connectivity index (χ0n) is 12.7. The van der Waals surface area contributed by atoms with Gasteiger partial charge >= 0.3 is 0 Å². The molecule has 120 valence electrons. The third-order valence-corrected chi connectivity index (χ3v) is 4.63. The summed E-state index contributed by atoms with van der Waals surface area (Å²) < 4.78 is 0. The van der Waals surface area contributed by atoms with E-state index in [4.69, 9.17) is 23.2 Å². The van der Waals surface area contributed by atoms with Crippen LogP contribution in [0, 0.1) is 0 Å². The number of nitrogens with one attached hydrogen (secondary N) is 1. The molecule has 0 bridgehead atoms. The molecule has 0 spiro atoms. The molecule has 0 unspecified atom stereocenters. The fourth-order valence-electron chi connectivity index (χ4n) is 2.57. The Bertz CT molecular complexity index is 525. The highest BCUT2D eigenvalue weighted by Gasteiger charge is 2.09. The lowest BCUT2D eigenvalue weighted by molar-refractivity contribution is -0.116. The quantitative estimate of drug-likeness (QED) is 0.627. The number of likely N-dealkylation sites (tertiary alicyclic amines) is 1. The van der Waals surface area contributed by atoms with E-state index in [0.29, 0.717) is 16.6 Å². The monoisotopic (exact) mass is 340 g/mol. The highest BCUT2D eigenvalue weighted by molar-refractivity contribution is 6.42. The Balaban J connectivity index is 1.69. The van der Waals surface area contributed by atoms with Gasteiger partial charge in [0.1, 0.15) is 0 Å². The molecule has 1 heterocycles. The van der Waals surface area contributed by atoms with Crippen molar-refractivity contribution < 1.29 is 4.79 Å². The number of carbonyl (C=O) groups excluding carboxylic acids is 1. The van der Waals surface area contributed by atoms with Crippen LogP contribution in [0.1, 0.15) is 31.2 Å². The molecule has 1 aromatic carbocycles. The zero-order valence-corrected chi connectivity index (χ0v) is 14.2. The highest BCUT2D eigenvalue weighted by atomic mass is 35.5. The van der Waals surface area contributed by atoms with E-state index in [1.54, 1.807) is 12.1 Å². The summed E-state index contributed by atoms with van der Waals surface area (Å²) in [6.45, 7) is 4.15. The number of carbonyl (C=O) groups is 1. The molecule has 0 saturated carbocycles. The van der Waals surface area contributed by atoms with Gasteiger partial charge in [0.05, 0.1) is 10.0 Å². The van der Waals surface area contributed by atoms with Crippen LogP contribution in [0.25, 0.3) is 6.08 Å². The van der Waals surface area contributed by atoms with Crippen molar-refractivity contribution in [3.63, 3.8) is 0 Å². The molecule has 0 atom stereocenters. The van der Waals surface area contributed by atoms with Gasteiger partial charge in [-0.25, -0.2) is 0 Å². The Hall–Kier alpha value is -1.03. The second-order valence-electron chi connectivity index (χ2n) is 5.52. The summed E-state index contributed by atoms with van der Waals surface area (Å²) in [5.41, 5.74) is 0.748. The van der Waals surface area contributed by atoms with Crippen LogP contribution in [-0.4, -0.2) is 37.0 Å². The fraction of sp³-hybridized carbons (Fsp3) is 0.471. The van der Waals surface area contributed by atoms with Crippen molar-refractivity contribution >= 4 is 35.2 Å². The first-order chi connectivity index (χ1) is 10.7. The molecule has 5 heteroatoms. The Kier molecular flexibility index (Phi) is 7.23. The first-order valence-electron chi connectivity index (χ1n) is 7.79. The maximum atomic E-state index is 11.8. The SMILES string of the molecule is O=C(/C=C/c1cccc(Cl)c1Cl)NCCCN1CCCCC1. The first-order valence-corrected chi connectivity index (χ1v) is 8.54. The molecule has 1 N–H and O–H groups in total. The van der Waals surface area contributed by atoms with Gasteiger partial charge in [-0.15, -0.1) is 0 Å². The Labute approximate surface area is 142 Å². The third kappa shape index (κ3) is 5.64. The lowest BCUT2D eigenvalue weighted by atomic mass is 10.1. The summed E-state index contributed by atoms with van der Waals surface area (Å²) in [5, 5.41) is 3.86. The Morgan fingerprint density at radius 2 is 2.00 bits per heavy atom. The van der Waals surface area contributed by atoms with Crippen molar-refractivity contribution in [2.24, 2.45) is 0 Å². The van der Waals surface area contributed by atoms with E-state index in [9.17, 15) is 4.79 Å². The number of nitrogens with zero attached hydrogens (tertiary/aromatic N) is 1. The molecule has 1 fully saturated rings. The van der Waals surface area contributed by atoms with Gasteiger partial charge in [-0.05, 0) is 56.6 Å². The predicted molar refractivity (Wildman–Crippen MR) is 93.4 cm³/mol. The van der Waals surface area contributed by atoms with Gasteiger partial charge in [-0.3, -0.25) is 4.79 Å². The smallest absolute Gasteiger partial charge is 0.244 e. The van der Waals surface area contributed by atoms with Gasteiger partial charge in [0.25, 0.3) is 0 Å². The number of piperidine rings is 1. The number of halogens is 2. The molecule has 22 heavy (non-hydrogen) atoms. The van der Waals surface area contributed by atoms with Gasteiger partial charge in [0, 0.05) is 12.6 Å². The van der Waals surface area contributed by atoms with Crippen molar-refractivity contribution in [2.45, 2.75) is 25.7 Å². The van der Waals surface area contributed by atoms with Gasteiger partial charge in [-0.2, -0.15) is 0 Å². The van der Waals surface area contributed by atoms with E-state index in [-0.39, 0.29) is 5.91 Å². The van der Waals surface area contributed by atoms with Gasteiger partial charge in [-0.1, -0.05) is 41.8 Å². The molecule has 1 amide bonds. The minimum Gasteiger partial charge on any atom is -0.353 e. The molecular formula is C17H22Cl2N2O. The molecule has 1 saturated heterocycles. The molecule has 0 aliphatic carbocycles. The zero-order chi connectivity index (χ0) is 15.8. The van der Waals surface area contributed by atoms with Crippen molar-refractivity contribution in [1.29, 1.82) is 0 Å². The standard InChI is InChI=1S/C17H22Cl2N2O/c18-15-7-4-6-14(17(15)19)8-9-16(22)20-10-5-13-21-11-2-1-3-12-21/h4,6-9H,1-3,5,10-13H2,(H,20,22)/b9-8+. The van der Waals surface area contributed by atoms with E-state index in [1.807, 2.05) is 12.1 Å². The second-order valence-corrected chi connectivity index (χ2v) is 6.31. The molecule has 1 aromatic rings. The van der Waals surface area contributed by atoms with Crippen LogP contribution in [0.2, 0.25) is 10.0 Å². The van der Waals surface area contributed by atoms with Crippen LogP contribution >= 0.6 is 23.2 Å². The molecule has 0 radical (unpaired) electrons. The van der Waals surface area contributed by atoms with E-state index < -0.39 is 0 Å². The van der Waals surface area contributed by atoms with Gasteiger partial charge in [0.15, 0.2) is 0 Å². The summed E-state index contributed by atoms with van der Waals surface area (Å²) in [7, 11) is 0. The average Bonchev–Trinajstić information content (AvgIpc) is 2.54. The number of hydrogen-bond acceptors (Lipinski definition) is 2. The Morgan fingerprint density at radius 1 is 1.23 bits per heavy atom. The summed E-state index contributed by atoms with van der Waals surface area (Å²) >= 11 is 12.0. The van der Waals surface area contributed by atoms with Gasteiger partial charge in [0.2, 0.25) is 5.91 Å². The second kappa shape index (κ2) is 9.19. The summed E-state index contributed by atoms with van der Waals surface area (Å²) in [5.74, 6) is -0.102. The van der Waals surface area contributed by atoms with Crippen molar-refractivity contribution in [2.75, 3.05) is 26.2 Å². The molecule has 3 nitrogen and oxygen atoms in total. The van der Waals surface area contributed by atoms with E-state index in [2.05, 4.69) is 10.2 Å². The maximum absolute atomic E-state index is 11.8. The van der Waals surface area contributed by atoms with Crippen LogP contribution in [-0.2, 0) is 4.79 Å². The minimum atomic E-state index is -0.102. The Morgan fingerprint density at radius 3 is 2.77 bits per heavy atom. The van der Waals surface area contributed by atoms with Crippen molar-refractivity contribution in [1.82, 2.24) is 10.2 Å². The predicted octanol–water partition coefficient (Wildman–Crippen LogP) is 4.00. The number of rotatable bonds is 6. The minimum absolute atomic E-state index is 0.102. The molecule has 1 aliphatic rings. The summed E-state index contributed by atoms with van der Waals surface area (Å²) in [4.78, 5) is 14.2. The molecule has 2 rings (SSSR count). The van der Waals surface area contributed by atoms with Crippen LogP contribution in [0.4, 0.5) is 0 Å².